The maximum absolute atomic E-state index is 5.47. The zero-order valence-corrected chi connectivity index (χ0v) is 51.3. The minimum absolute atomic E-state index is 0.00316. The Kier molecular flexibility index (Phi) is 12.2. The Morgan fingerprint density at radius 2 is 0.468 bits per heavy atom. The van der Waals surface area contributed by atoms with Crippen LogP contribution in [0.5, 0.6) is 0 Å². The van der Waals surface area contributed by atoms with Gasteiger partial charge in [0.25, 0.3) is 0 Å². The lowest BCUT2D eigenvalue weighted by atomic mass is 9.60. The van der Waals surface area contributed by atoms with Gasteiger partial charge in [-0.2, -0.15) is 0 Å². The largest absolute Gasteiger partial charge is 0.228 e. The Bertz CT molecular complexity index is 5070. The first-order chi connectivity index (χ1) is 46.6. The molecule has 2 heterocycles. The summed E-state index contributed by atoms with van der Waals surface area (Å²) in [5.74, 6) is 1.38. The zero-order valence-electron chi connectivity index (χ0n) is 51.3. The minimum Gasteiger partial charge on any atom is -0.228 e. The van der Waals surface area contributed by atoms with E-state index in [1.54, 1.807) is 0 Å². The second-order valence-corrected chi connectivity index (χ2v) is 25.4. The van der Waals surface area contributed by atoms with E-state index in [0.29, 0.717) is 11.6 Å². The van der Waals surface area contributed by atoms with Crippen LogP contribution in [0.2, 0.25) is 0 Å². The van der Waals surface area contributed by atoms with Gasteiger partial charge in [-0.15, -0.1) is 0 Å². The quantitative estimate of drug-likeness (QED) is 0.137. The Morgan fingerprint density at radius 3 is 0.830 bits per heavy atom. The molecule has 2 bridgehead atoms. The molecular weight excluding hydrogens is 1140 g/mol. The van der Waals surface area contributed by atoms with Crippen molar-refractivity contribution in [2.45, 2.75) is 22.7 Å². The fraction of sp³-hybridized carbons (Fsp3) is 0.0444. The molecule has 4 heteroatoms. The number of benzene rings is 13. The van der Waals surface area contributed by atoms with Gasteiger partial charge in [-0.25, -0.2) is 19.9 Å². The maximum Gasteiger partial charge on any atom is 0.160 e. The number of rotatable bonds is 10. The smallest absolute Gasteiger partial charge is 0.160 e. The molecule has 0 aliphatic heterocycles. The van der Waals surface area contributed by atoms with E-state index < -0.39 is 10.8 Å². The SMILES string of the molecule is c1ccc(-c2nc(-c3ccc4c(c3)C3c5ccccc5C4c4cc(-c5cc(-c6ccc7c(c6)C(c6ccccc6)(c6ccccc6)c6ccccc6-7)nc(-c6ccccc6)n5)ccc43)cc(-c3ccc4c(c3)C(c3ccccc3)(c3ccccc3)c3ccccc3-4)n2)cc1. The van der Waals surface area contributed by atoms with Gasteiger partial charge in [-0.05, 0) is 137 Å². The van der Waals surface area contributed by atoms with Gasteiger partial charge >= 0.3 is 0 Å². The van der Waals surface area contributed by atoms with Crippen molar-refractivity contribution in [3.8, 4) is 90.1 Å². The molecule has 2 aromatic heterocycles. The molecular formula is C90H58N4. The molecule has 0 amide bonds. The monoisotopic (exact) mass is 1190 g/mol. The van der Waals surface area contributed by atoms with Gasteiger partial charge in [-0.3, -0.25) is 0 Å². The lowest BCUT2D eigenvalue weighted by molar-refractivity contribution is 0.755. The molecule has 2 atom stereocenters. The Labute approximate surface area is 547 Å². The molecule has 94 heavy (non-hydrogen) atoms. The first-order valence-corrected chi connectivity index (χ1v) is 32.6. The molecule has 0 N–H and O–H groups in total. The van der Waals surface area contributed by atoms with Crippen LogP contribution >= 0.6 is 0 Å². The van der Waals surface area contributed by atoms with Gasteiger partial charge in [0.05, 0.1) is 33.6 Å². The molecule has 5 aliphatic rings. The topological polar surface area (TPSA) is 51.6 Å². The number of nitrogens with zero attached hydrogens (tertiary/aromatic N) is 4. The van der Waals surface area contributed by atoms with Gasteiger partial charge < -0.3 is 0 Å². The molecule has 0 saturated carbocycles. The molecule has 20 rings (SSSR count). The second kappa shape index (κ2) is 21.3. The standard InChI is InChI=1S/C90H58N4/c1-7-25-57(26-8-1)87-91-81(55-83(93-87)61-43-47-69-67-37-21-23-41-77(67)89(79(69)53-61,63-29-11-3-12-30-63)64-31-13-4-14-32-64)59-45-49-73-75(51-59)85-71-39-19-20-40-72(71)86(73)76-52-60(46-50-74(76)85)82-56-84(94-88(92-82)58-27-9-2-10-28-58)62-44-48-70-68-38-22-24-42-78(68)90(80(70)54-62,65-33-15-5-16-34-65)66-35-17-6-18-36-66/h1-56,85-86H. The molecule has 0 saturated heterocycles. The van der Waals surface area contributed by atoms with Gasteiger partial charge in [0.1, 0.15) is 0 Å². The minimum atomic E-state index is -0.548. The van der Waals surface area contributed by atoms with Crippen molar-refractivity contribution >= 4 is 0 Å². The number of fused-ring (bicyclic) bond motifs is 6. The molecule has 0 radical (unpaired) electrons. The maximum atomic E-state index is 5.47. The van der Waals surface area contributed by atoms with Crippen molar-refractivity contribution in [1.29, 1.82) is 0 Å². The van der Waals surface area contributed by atoms with Gasteiger partial charge in [0.15, 0.2) is 11.6 Å². The predicted molar refractivity (Wildman–Crippen MR) is 380 cm³/mol. The highest BCUT2D eigenvalue weighted by Gasteiger charge is 2.48. The summed E-state index contributed by atoms with van der Waals surface area (Å²) in [6.45, 7) is 0. The highest BCUT2D eigenvalue weighted by molar-refractivity contribution is 5.91. The van der Waals surface area contributed by atoms with Gasteiger partial charge in [0.2, 0.25) is 0 Å². The van der Waals surface area contributed by atoms with Crippen LogP contribution in [0.15, 0.2) is 340 Å². The van der Waals surface area contributed by atoms with Crippen molar-refractivity contribution in [3.63, 3.8) is 0 Å². The van der Waals surface area contributed by atoms with Gasteiger partial charge in [-0.1, -0.05) is 303 Å². The van der Waals surface area contributed by atoms with E-state index in [4.69, 9.17) is 19.9 Å². The molecule has 15 aromatic rings. The normalized spacial score (nSPS) is 15.2. The summed E-state index contributed by atoms with van der Waals surface area (Å²) in [6, 6.07) is 124. The predicted octanol–water partition coefficient (Wildman–Crippen LogP) is 21.0. The van der Waals surface area contributed by atoms with Crippen LogP contribution in [-0.4, -0.2) is 19.9 Å². The van der Waals surface area contributed by atoms with Gasteiger partial charge in [0, 0.05) is 45.2 Å². The summed E-state index contributed by atoms with van der Waals surface area (Å²) >= 11 is 0. The average molecular weight is 1200 g/mol. The molecule has 4 nitrogen and oxygen atoms in total. The Balaban J connectivity index is 0.737. The first kappa shape index (κ1) is 53.8. The van der Waals surface area contributed by atoms with Crippen LogP contribution in [0.4, 0.5) is 0 Å². The third-order valence-corrected chi connectivity index (χ3v) is 20.7. The second-order valence-electron chi connectivity index (χ2n) is 25.4. The zero-order chi connectivity index (χ0) is 61.9. The molecule has 0 fully saturated rings. The van der Waals surface area contributed by atoms with E-state index in [1.165, 1.54) is 100 Å². The van der Waals surface area contributed by atoms with Crippen LogP contribution in [-0.2, 0) is 10.8 Å². The third kappa shape index (κ3) is 8.06. The lowest BCUT2D eigenvalue weighted by Gasteiger charge is -2.42. The van der Waals surface area contributed by atoms with E-state index in [0.717, 1.165) is 56.2 Å². The van der Waals surface area contributed by atoms with E-state index in [-0.39, 0.29) is 11.8 Å². The van der Waals surface area contributed by atoms with Crippen LogP contribution < -0.4 is 0 Å². The summed E-state index contributed by atoms with van der Waals surface area (Å²) < 4.78 is 0. The van der Waals surface area contributed by atoms with Crippen molar-refractivity contribution in [2.75, 3.05) is 0 Å². The van der Waals surface area contributed by atoms with E-state index in [9.17, 15) is 0 Å². The molecule has 5 aliphatic carbocycles. The summed E-state index contributed by atoms with van der Waals surface area (Å²) in [5.41, 5.74) is 31.4. The van der Waals surface area contributed by atoms with Crippen LogP contribution in [0.3, 0.4) is 0 Å². The summed E-state index contributed by atoms with van der Waals surface area (Å²) in [6.07, 6.45) is 0. The number of hydrogen-bond acceptors (Lipinski definition) is 4. The van der Waals surface area contributed by atoms with Crippen molar-refractivity contribution in [1.82, 2.24) is 19.9 Å². The first-order valence-electron chi connectivity index (χ1n) is 32.6. The third-order valence-electron chi connectivity index (χ3n) is 20.7. The molecule has 438 valence electrons. The van der Waals surface area contributed by atoms with Crippen LogP contribution in [0, 0.1) is 0 Å². The summed E-state index contributed by atoms with van der Waals surface area (Å²) in [4.78, 5) is 21.9. The highest BCUT2D eigenvalue weighted by atomic mass is 14.9. The van der Waals surface area contributed by atoms with E-state index in [2.05, 4.69) is 340 Å². The number of hydrogen-bond donors (Lipinski definition) is 0. The van der Waals surface area contributed by atoms with Crippen LogP contribution in [0.25, 0.3) is 90.1 Å². The fourth-order valence-electron chi connectivity index (χ4n) is 16.7. The summed E-state index contributed by atoms with van der Waals surface area (Å²) in [7, 11) is 0. The van der Waals surface area contributed by atoms with E-state index >= 15 is 0 Å². The van der Waals surface area contributed by atoms with Crippen molar-refractivity contribution in [3.05, 3.63) is 418 Å². The lowest BCUT2D eigenvalue weighted by Crippen LogP contribution is -2.28. The summed E-state index contributed by atoms with van der Waals surface area (Å²) in [5, 5.41) is 0. The van der Waals surface area contributed by atoms with Crippen molar-refractivity contribution < 1.29 is 0 Å². The Morgan fingerprint density at radius 1 is 0.191 bits per heavy atom. The van der Waals surface area contributed by atoms with E-state index in [1.807, 2.05) is 0 Å². The number of aromatic nitrogens is 4. The van der Waals surface area contributed by atoms with Crippen molar-refractivity contribution in [2.24, 2.45) is 0 Å². The molecule has 13 aromatic carbocycles. The Hall–Kier alpha value is -12.0. The average Bonchev–Trinajstić information content (AvgIpc) is 1.70. The van der Waals surface area contributed by atoms with Crippen LogP contribution in [0.1, 0.15) is 89.7 Å². The fourth-order valence-corrected chi connectivity index (χ4v) is 16.7. The molecule has 0 spiro atoms. The molecule has 2 unspecified atom stereocenters. The highest BCUT2D eigenvalue weighted by Crippen LogP contribution is 2.60.